The second kappa shape index (κ2) is 7.05. The highest BCUT2D eigenvalue weighted by molar-refractivity contribution is 9.10. The highest BCUT2D eigenvalue weighted by Crippen LogP contribution is 2.22. The molecule has 17 heavy (non-hydrogen) atoms. The molecule has 1 rings (SSSR count). The van der Waals surface area contributed by atoms with E-state index in [0.717, 1.165) is 10.0 Å². The van der Waals surface area contributed by atoms with Crippen LogP contribution in [0.15, 0.2) is 28.7 Å². The lowest BCUT2D eigenvalue weighted by Gasteiger charge is -2.15. The van der Waals surface area contributed by atoms with Gasteiger partial charge in [-0.15, -0.1) is 0 Å². The summed E-state index contributed by atoms with van der Waals surface area (Å²) in [4.78, 5) is 11.3. The fraction of sp³-hybridized carbons (Fsp3) is 0.333. The highest BCUT2D eigenvalue weighted by atomic mass is 79.9. The van der Waals surface area contributed by atoms with Gasteiger partial charge in [0, 0.05) is 10.5 Å². The number of halogens is 1. The molecule has 0 saturated heterocycles. The zero-order valence-corrected chi connectivity index (χ0v) is 11.1. The van der Waals surface area contributed by atoms with Crippen LogP contribution in [0.3, 0.4) is 0 Å². The van der Waals surface area contributed by atoms with E-state index in [2.05, 4.69) is 26.6 Å². The third kappa shape index (κ3) is 4.55. The number of amides is 1. The summed E-state index contributed by atoms with van der Waals surface area (Å²) in [6.07, 6.45) is 0. The fourth-order valence-corrected chi connectivity index (χ4v) is 2.01. The molecular weight excluding hydrogens is 282 g/mol. The third-order valence-electron chi connectivity index (χ3n) is 2.31. The first-order chi connectivity index (χ1) is 8.15. The van der Waals surface area contributed by atoms with Gasteiger partial charge in [-0.3, -0.25) is 4.79 Å². The minimum Gasteiger partial charge on any atom is -0.342 e. The average Bonchev–Trinajstić information content (AvgIpc) is 2.34. The number of nitrogens with one attached hydrogen (secondary N) is 2. The predicted octanol–water partition coefficient (Wildman–Crippen LogP) is 1.74. The molecule has 0 heterocycles. The van der Waals surface area contributed by atoms with Crippen LogP contribution >= 0.6 is 15.9 Å². The molecule has 0 unspecified atom stereocenters. The van der Waals surface area contributed by atoms with Crippen molar-refractivity contribution in [3.8, 4) is 6.07 Å². The van der Waals surface area contributed by atoms with Crippen LogP contribution in [0.2, 0.25) is 0 Å². The van der Waals surface area contributed by atoms with Gasteiger partial charge in [0.2, 0.25) is 5.91 Å². The maximum atomic E-state index is 11.3. The van der Waals surface area contributed by atoms with E-state index in [1.165, 1.54) is 0 Å². The average molecular weight is 296 g/mol. The Morgan fingerprint density at radius 1 is 1.53 bits per heavy atom. The van der Waals surface area contributed by atoms with Gasteiger partial charge in [0.15, 0.2) is 0 Å². The van der Waals surface area contributed by atoms with Crippen LogP contribution in [0, 0.1) is 11.3 Å². The van der Waals surface area contributed by atoms with Gasteiger partial charge in [-0.2, -0.15) is 5.26 Å². The zero-order valence-electron chi connectivity index (χ0n) is 9.53. The molecule has 4 nitrogen and oxygen atoms in total. The number of hydrogen-bond donors (Lipinski definition) is 2. The summed E-state index contributed by atoms with van der Waals surface area (Å²) in [5, 5.41) is 13.9. The quantitative estimate of drug-likeness (QED) is 0.813. The van der Waals surface area contributed by atoms with Crippen LogP contribution in [0.1, 0.15) is 18.5 Å². The predicted molar refractivity (Wildman–Crippen MR) is 69.2 cm³/mol. The number of nitriles is 1. The van der Waals surface area contributed by atoms with E-state index in [0.29, 0.717) is 0 Å². The van der Waals surface area contributed by atoms with E-state index in [-0.39, 0.29) is 25.0 Å². The number of benzene rings is 1. The lowest BCUT2D eigenvalue weighted by Crippen LogP contribution is -2.35. The number of rotatable bonds is 5. The van der Waals surface area contributed by atoms with E-state index in [9.17, 15) is 4.79 Å². The fourth-order valence-electron chi connectivity index (χ4n) is 1.38. The molecule has 1 aromatic carbocycles. The van der Waals surface area contributed by atoms with Crippen LogP contribution in [0.25, 0.3) is 0 Å². The van der Waals surface area contributed by atoms with E-state index in [4.69, 9.17) is 5.26 Å². The lowest BCUT2D eigenvalue weighted by molar-refractivity contribution is -0.120. The largest absolute Gasteiger partial charge is 0.342 e. The molecule has 0 aliphatic heterocycles. The van der Waals surface area contributed by atoms with Crippen molar-refractivity contribution in [2.45, 2.75) is 13.0 Å². The Labute approximate surface area is 109 Å². The molecule has 0 saturated carbocycles. The maximum absolute atomic E-state index is 11.3. The summed E-state index contributed by atoms with van der Waals surface area (Å²) in [6, 6.07) is 9.78. The molecule has 2 N–H and O–H groups in total. The smallest absolute Gasteiger partial charge is 0.234 e. The first kappa shape index (κ1) is 13.7. The lowest BCUT2D eigenvalue weighted by atomic mass is 10.1. The topological polar surface area (TPSA) is 64.9 Å². The van der Waals surface area contributed by atoms with E-state index < -0.39 is 0 Å². The van der Waals surface area contributed by atoms with Gasteiger partial charge >= 0.3 is 0 Å². The van der Waals surface area contributed by atoms with Gasteiger partial charge in [-0.1, -0.05) is 34.1 Å². The summed E-state index contributed by atoms with van der Waals surface area (Å²) >= 11 is 3.46. The third-order valence-corrected chi connectivity index (χ3v) is 3.03. The summed E-state index contributed by atoms with van der Waals surface area (Å²) in [5.41, 5.74) is 1.10. The van der Waals surface area contributed by atoms with E-state index in [1.807, 2.05) is 37.3 Å². The van der Waals surface area contributed by atoms with Crippen molar-refractivity contribution in [3.05, 3.63) is 34.3 Å². The summed E-state index contributed by atoms with van der Waals surface area (Å²) < 4.78 is 1.01. The minimum atomic E-state index is -0.176. The summed E-state index contributed by atoms with van der Waals surface area (Å²) in [6.45, 7) is 2.23. The molecule has 1 atom stereocenters. The zero-order chi connectivity index (χ0) is 12.7. The monoisotopic (exact) mass is 295 g/mol. The molecule has 0 fully saturated rings. The van der Waals surface area contributed by atoms with Gasteiger partial charge in [0.05, 0.1) is 12.6 Å². The molecule has 1 aromatic rings. The van der Waals surface area contributed by atoms with Crippen LogP contribution in [-0.4, -0.2) is 19.0 Å². The van der Waals surface area contributed by atoms with E-state index >= 15 is 0 Å². The van der Waals surface area contributed by atoms with Gasteiger partial charge in [-0.25, -0.2) is 0 Å². The van der Waals surface area contributed by atoms with Crippen molar-refractivity contribution in [3.63, 3.8) is 0 Å². The Hall–Kier alpha value is -1.38. The first-order valence-electron chi connectivity index (χ1n) is 5.26. The molecule has 0 radical (unpaired) electrons. The standard InChI is InChI=1S/C12H14BrN3O/c1-9(10-4-2-3-5-11(10)13)16-8-12(17)15-7-6-14/h2-5,9,16H,7-8H2,1H3,(H,15,17)/t9-/m1/s1. The number of hydrogen-bond acceptors (Lipinski definition) is 3. The molecule has 5 heteroatoms. The molecule has 0 aliphatic carbocycles. The molecule has 0 bridgehead atoms. The van der Waals surface area contributed by atoms with Crippen LogP contribution in [0.5, 0.6) is 0 Å². The van der Waals surface area contributed by atoms with E-state index in [1.54, 1.807) is 0 Å². The Morgan fingerprint density at radius 3 is 2.88 bits per heavy atom. The number of carbonyl (C=O) groups is 1. The number of nitrogens with zero attached hydrogens (tertiary/aromatic N) is 1. The normalized spacial score (nSPS) is 11.6. The Morgan fingerprint density at radius 2 is 2.24 bits per heavy atom. The molecule has 0 aliphatic rings. The minimum absolute atomic E-state index is 0.0456. The Bertz CT molecular complexity index is 428. The molecule has 0 spiro atoms. The second-order valence-electron chi connectivity index (χ2n) is 3.56. The molecule has 0 aromatic heterocycles. The molecule has 1 amide bonds. The van der Waals surface area contributed by atoms with Crippen molar-refractivity contribution < 1.29 is 4.79 Å². The van der Waals surface area contributed by atoms with Crippen molar-refractivity contribution in [2.75, 3.05) is 13.1 Å². The van der Waals surface area contributed by atoms with Gasteiger partial charge in [-0.05, 0) is 18.6 Å². The van der Waals surface area contributed by atoms with Crippen LogP contribution < -0.4 is 10.6 Å². The number of carbonyl (C=O) groups excluding carboxylic acids is 1. The van der Waals surface area contributed by atoms with Crippen LogP contribution in [0.4, 0.5) is 0 Å². The van der Waals surface area contributed by atoms with Gasteiger partial charge in [0.25, 0.3) is 0 Å². The van der Waals surface area contributed by atoms with Gasteiger partial charge in [0.1, 0.15) is 6.54 Å². The van der Waals surface area contributed by atoms with Crippen molar-refractivity contribution in [1.29, 1.82) is 5.26 Å². The molecule has 90 valence electrons. The van der Waals surface area contributed by atoms with Crippen molar-refractivity contribution in [2.24, 2.45) is 0 Å². The molecular formula is C12H14BrN3O. The highest BCUT2D eigenvalue weighted by Gasteiger charge is 2.09. The Kier molecular flexibility index (Phi) is 5.67. The first-order valence-corrected chi connectivity index (χ1v) is 6.06. The van der Waals surface area contributed by atoms with Crippen LogP contribution in [-0.2, 0) is 4.79 Å². The maximum Gasteiger partial charge on any atom is 0.234 e. The second-order valence-corrected chi connectivity index (χ2v) is 4.41. The van der Waals surface area contributed by atoms with Crippen molar-refractivity contribution in [1.82, 2.24) is 10.6 Å². The Balaban J connectivity index is 2.45. The van der Waals surface area contributed by atoms with Crippen molar-refractivity contribution >= 4 is 21.8 Å². The van der Waals surface area contributed by atoms with Gasteiger partial charge < -0.3 is 10.6 Å². The summed E-state index contributed by atoms with van der Waals surface area (Å²) in [5.74, 6) is -0.176. The SMILES string of the molecule is C[C@@H](NCC(=O)NCC#N)c1ccccc1Br. The summed E-state index contributed by atoms with van der Waals surface area (Å²) in [7, 11) is 0.